The molecule has 4 heterocycles. The molecule has 0 bridgehead atoms. The number of hydrogen-bond acceptors (Lipinski definition) is 9. The zero-order chi connectivity index (χ0) is 26.6. The van der Waals surface area contributed by atoms with E-state index in [0.717, 1.165) is 70.7 Å². The van der Waals surface area contributed by atoms with Gasteiger partial charge in [-0.1, -0.05) is 17.8 Å². The van der Waals surface area contributed by atoms with Crippen molar-refractivity contribution >= 4 is 23.1 Å². The van der Waals surface area contributed by atoms with Gasteiger partial charge in [0.2, 0.25) is 5.89 Å². The molecule has 0 unspecified atom stereocenters. The first kappa shape index (κ1) is 26.0. The largest absolute Gasteiger partial charge is 0.415 e. The first-order valence-corrected chi connectivity index (χ1v) is 13.0. The molecule has 9 nitrogen and oxygen atoms in total. The lowest BCUT2D eigenvalue weighted by molar-refractivity contribution is 0.116. The van der Waals surface area contributed by atoms with Crippen LogP contribution in [0.2, 0.25) is 0 Å². The Morgan fingerprint density at radius 3 is 2.61 bits per heavy atom. The van der Waals surface area contributed by atoms with Gasteiger partial charge < -0.3 is 14.2 Å². The third-order valence-corrected chi connectivity index (χ3v) is 7.32. The van der Waals surface area contributed by atoms with Crippen LogP contribution in [0.1, 0.15) is 36.9 Å². The van der Waals surface area contributed by atoms with Crippen molar-refractivity contribution in [2.24, 2.45) is 0 Å². The van der Waals surface area contributed by atoms with Crippen LogP contribution in [-0.4, -0.2) is 62.7 Å². The minimum atomic E-state index is -2.82. The highest BCUT2D eigenvalue weighted by molar-refractivity contribution is 8.12. The van der Waals surface area contributed by atoms with Crippen molar-refractivity contribution in [2.75, 3.05) is 32.1 Å². The van der Waals surface area contributed by atoms with Gasteiger partial charge in [0.05, 0.1) is 35.7 Å². The van der Waals surface area contributed by atoms with Crippen molar-refractivity contribution in [3.8, 4) is 22.6 Å². The number of alkyl halides is 2. The molecule has 0 saturated carbocycles. The van der Waals surface area contributed by atoms with Gasteiger partial charge in [0, 0.05) is 29.9 Å². The summed E-state index contributed by atoms with van der Waals surface area (Å²) in [6.45, 7) is 2.59. The lowest BCUT2D eigenvalue weighted by atomic mass is 10.1. The molecule has 5 rings (SSSR count). The van der Waals surface area contributed by atoms with Crippen molar-refractivity contribution < 1.29 is 18.0 Å². The maximum atomic E-state index is 12.7. The van der Waals surface area contributed by atoms with Crippen LogP contribution in [-0.2, 0) is 11.3 Å². The number of aromatic nitrogens is 5. The Labute approximate surface area is 222 Å². The number of benzene rings is 1. The molecule has 3 aromatic heterocycles. The van der Waals surface area contributed by atoms with Gasteiger partial charge in [-0.15, -0.1) is 10.2 Å². The van der Waals surface area contributed by atoms with Crippen molar-refractivity contribution in [2.45, 2.75) is 36.7 Å². The number of likely N-dealkylation sites (tertiary alicyclic amines) is 1. The van der Waals surface area contributed by atoms with Crippen LogP contribution in [0.5, 0.6) is 0 Å². The molecule has 1 aromatic carbocycles. The first-order valence-electron chi connectivity index (χ1n) is 12.2. The van der Waals surface area contributed by atoms with Gasteiger partial charge in [-0.3, -0.25) is 14.5 Å². The maximum Gasteiger partial charge on any atom is 0.314 e. The second-order valence-corrected chi connectivity index (χ2v) is 10.1. The highest BCUT2D eigenvalue weighted by Crippen LogP contribution is 2.34. The Hall–Kier alpha value is -3.64. The van der Waals surface area contributed by atoms with E-state index in [1.807, 2.05) is 36.3 Å². The number of anilines is 1. The Balaban J connectivity index is 1.30. The second kappa shape index (κ2) is 11.4. The van der Waals surface area contributed by atoms with Gasteiger partial charge in [-0.05, 0) is 62.8 Å². The molecule has 12 heteroatoms. The van der Waals surface area contributed by atoms with E-state index in [1.165, 1.54) is 6.20 Å². The lowest BCUT2D eigenvalue weighted by Crippen LogP contribution is -2.31. The monoisotopic (exact) mass is 539 g/mol. The number of carbonyl (C=O) groups is 1. The van der Waals surface area contributed by atoms with Crippen LogP contribution in [0.25, 0.3) is 22.6 Å². The van der Waals surface area contributed by atoms with Crippen LogP contribution in [0.3, 0.4) is 0 Å². The molecule has 0 N–H and O–H groups in total. The summed E-state index contributed by atoms with van der Waals surface area (Å²) in [6, 6.07) is 9.91. The zero-order valence-electron chi connectivity index (χ0n) is 21.0. The van der Waals surface area contributed by atoms with Crippen LogP contribution in [0, 0.1) is 0 Å². The van der Waals surface area contributed by atoms with E-state index in [4.69, 9.17) is 4.42 Å². The molecule has 0 amide bonds. The highest BCUT2D eigenvalue weighted by atomic mass is 32.2. The van der Waals surface area contributed by atoms with E-state index in [2.05, 4.69) is 43.1 Å². The van der Waals surface area contributed by atoms with E-state index < -0.39 is 12.3 Å². The number of thioether (sulfide) groups is 1. The minimum absolute atomic E-state index is 0.00731. The summed E-state index contributed by atoms with van der Waals surface area (Å²) in [5, 5.41) is 11.6. The van der Waals surface area contributed by atoms with Crippen LogP contribution in [0.15, 0.2) is 58.2 Å². The molecule has 1 aliphatic rings. The van der Waals surface area contributed by atoms with Crippen LogP contribution < -0.4 is 4.90 Å². The number of rotatable bonds is 9. The molecule has 1 saturated heterocycles. The van der Waals surface area contributed by atoms with E-state index in [9.17, 15) is 13.6 Å². The van der Waals surface area contributed by atoms with Crippen molar-refractivity contribution in [3.05, 3.63) is 60.5 Å². The summed E-state index contributed by atoms with van der Waals surface area (Å²) in [5.41, 5.74) is 4.92. The maximum absolute atomic E-state index is 12.7. The molecule has 0 atom stereocenters. The summed E-state index contributed by atoms with van der Waals surface area (Å²) in [7, 11) is 4.06. The van der Waals surface area contributed by atoms with Gasteiger partial charge in [-0.25, -0.2) is 0 Å². The van der Waals surface area contributed by atoms with Crippen molar-refractivity contribution in [3.63, 3.8) is 0 Å². The summed E-state index contributed by atoms with van der Waals surface area (Å²) >= 11 is 1.12. The number of carbonyl (C=O) groups excluding carboxylic acids is 1. The van der Waals surface area contributed by atoms with Gasteiger partial charge in [-0.2, -0.15) is 13.9 Å². The standard InChI is InChI=1S/C26H27F2N7O2S/c1-33-9-7-21(8-10-33)35-14-19(13-30-35)17-4-6-22(23(11-17)38-16-36)34(2)15-20-5-3-18(12-29-20)25-31-32-26(37-25)24(27)28/h3-6,11-14,16,21,24H,7-10,15H2,1-2H3. The average molecular weight is 540 g/mol. The normalized spacial score (nSPS) is 14.8. The molecule has 198 valence electrons. The smallest absolute Gasteiger partial charge is 0.314 e. The summed E-state index contributed by atoms with van der Waals surface area (Å²) in [4.78, 5) is 21.0. The molecule has 0 spiro atoms. The highest BCUT2D eigenvalue weighted by Gasteiger charge is 2.20. The van der Waals surface area contributed by atoms with Crippen LogP contribution >= 0.6 is 11.8 Å². The Morgan fingerprint density at radius 1 is 1.13 bits per heavy atom. The lowest BCUT2D eigenvalue weighted by Gasteiger charge is -2.28. The average Bonchev–Trinajstić information content (AvgIpc) is 3.61. The van der Waals surface area contributed by atoms with Crippen molar-refractivity contribution in [1.29, 1.82) is 0 Å². The predicted octanol–water partition coefficient (Wildman–Crippen LogP) is 5.12. The summed E-state index contributed by atoms with van der Waals surface area (Å²) < 4.78 is 32.5. The molecule has 0 radical (unpaired) electrons. The van der Waals surface area contributed by atoms with Gasteiger partial charge >= 0.3 is 6.43 Å². The fourth-order valence-electron chi connectivity index (χ4n) is 4.51. The zero-order valence-corrected chi connectivity index (χ0v) is 21.8. The first-order chi connectivity index (χ1) is 18.4. The SMILES string of the molecule is CN1CCC(n2cc(-c3ccc(N(C)Cc4ccc(-c5nnc(C(F)F)o5)cn4)c(SC=O)c3)cn2)CC1. The number of nitrogens with zero attached hydrogens (tertiary/aromatic N) is 7. The molecular weight excluding hydrogens is 512 g/mol. The Kier molecular flexibility index (Phi) is 7.79. The molecule has 4 aromatic rings. The quantitative estimate of drug-likeness (QED) is 0.212. The molecule has 1 aliphatic heterocycles. The summed E-state index contributed by atoms with van der Waals surface area (Å²) in [5.74, 6) is -0.728. The Morgan fingerprint density at radius 2 is 1.92 bits per heavy atom. The van der Waals surface area contributed by atoms with E-state index in [1.54, 1.807) is 12.1 Å². The topological polar surface area (TPSA) is 93.2 Å². The fourth-order valence-corrected chi connectivity index (χ4v) is 5.16. The third kappa shape index (κ3) is 5.76. The van der Waals surface area contributed by atoms with Gasteiger partial charge in [0.1, 0.15) is 0 Å². The van der Waals surface area contributed by atoms with E-state index in [-0.39, 0.29) is 5.89 Å². The molecule has 38 heavy (non-hydrogen) atoms. The second-order valence-electron chi connectivity index (χ2n) is 9.28. The molecule has 1 fully saturated rings. The van der Waals surface area contributed by atoms with Gasteiger partial charge in [0.15, 0.2) is 5.62 Å². The number of piperidine rings is 1. The van der Waals surface area contributed by atoms with Gasteiger partial charge in [0.25, 0.3) is 5.89 Å². The minimum Gasteiger partial charge on any atom is -0.415 e. The summed E-state index contributed by atoms with van der Waals surface area (Å²) in [6.07, 6.45) is 4.81. The third-order valence-electron chi connectivity index (χ3n) is 6.64. The molecule has 0 aliphatic carbocycles. The Bertz CT molecular complexity index is 1380. The van der Waals surface area contributed by atoms with E-state index >= 15 is 0 Å². The number of hydrogen-bond donors (Lipinski definition) is 0. The number of pyridine rings is 1. The molecular formula is C26H27F2N7O2S. The fraction of sp³-hybridized carbons (Fsp3) is 0.346. The van der Waals surface area contributed by atoms with E-state index in [0.29, 0.717) is 18.2 Å². The van der Waals surface area contributed by atoms with Crippen LogP contribution in [0.4, 0.5) is 14.5 Å². The van der Waals surface area contributed by atoms with Crippen molar-refractivity contribution in [1.82, 2.24) is 29.9 Å². The number of halogens is 2. The predicted molar refractivity (Wildman–Crippen MR) is 141 cm³/mol.